The number of carbonyl (C=O) groups excluding carboxylic acids is 1. The highest BCUT2D eigenvalue weighted by atomic mass is 16.6. The van der Waals surface area contributed by atoms with Crippen molar-refractivity contribution in [2.24, 2.45) is 5.92 Å². The molecule has 4 atom stereocenters. The lowest BCUT2D eigenvalue weighted by Crippen LogP contribution is -2.44. The van der Waals surface area contributed by atoms with E-state index in [1.165, 1.54) is 0 Å². The number of esters is 1. The Bertz CT molecular complexity index is 203. The summed E-state index contributed by atoms with van der Waals surface area (Å²) in [6.07, 6.45) is -0.323. The SMILES string of the molecule is O=C1CC2CCC(O)C(O)C2O1. The quantitative estimate of drug-likeness (QED) is 0.480. The van der Waals surface area contributed by atoms with Crippen LogP contribution in [0.5, 0.6) is 0 Å². The van der Waals surface area contributed by atoms with Crippen molar-refractivity contribution in [2.45, 2.75) is 37.6 Å². The van der Waals surface area contributed by atoms with E-state index in [1.54, 1.807) is 0 Å². The Hall–Kier alpha value is -0.610. The Labute approximate surface area is 70.1 Å². The molecule has 0 aromatic carbocycles. The summed E-state index contributed by atoms with van der Waals surface area (Å²) in [6.45, 7) is 0. The predicted octanol–water partition coefficient (Wildman–Crippen LogP) is -0.566. The van der Waals surface area contributed by atoms with E-state index in [-0.39, 0.29) is 11.9 Å². The zero-order valence-corrected chi connectivity index (χ0v) is 6.64. The molecule has 0 radical (unpaired) electrons. The molecule has 12 heavy (non-hydrogen) atoms. The summed E-state index contributed by atoms with van der Waals surface area (Å²) in [6, 6.07) is 0. The van der Waals surface area contributed by atoms with Gasteiger partial charge >= 0.3 is 5.97 Å². The maximum Gasteiger partial charge on any atom is 0.306 e. The van der Waals surface area contributed by atoms with Gasteiger partial charge in [-0.15, -0.1) is 0 Å². The molecule has 0 aromatic heterocycles. The molecule has 4 nitrogen and oxygen atoms in total. The minimum atomic E-state index is -0.879. The van der Waals surface area contributed by atoms with Gasteiger partial charge in [0.25, 0.3) is 0 Å². The molecule has 0 aromatic rings. The predicted molar refractivity (Wildman–Crippen MR) is 39.2 cm³/mol. The van der Waals surface area contributed by atoms with Gasteiger partial charge in [-0.2, -0.15) is 0 Å². The average Bonchev–Trinajstić information content (AvgIpc) is 2.39. The van der Waals surface area contributed by atoms with Crippen molar-refractivity contribution in [3.05, 3.63) is 0 Å². The summed E-state index contributed by atoms with van der Waals surface area (Å²) in [5, 5.41) is 18.7. The van der Waals surface area contributed by atoms with E-state index < -0.39 is 18.3 Å². The van der Waals surface area contributed by atoms with Gasteiger partial charge in [-0.1, -0.05) is 0 Å². The van der Waals surface area contributed by atoms with Crippen molar-refractivity contribution < 1.29 is 19.7 Å². The van der Waals surface area contributed by atoms with Crippen LogP contribution in [0.1, 0.15) is 19.3 Å². The summed E-state index contributed by atoms with van der Waals surface area (Å²) < 4.78 is 4.90. The first-order valence-corrected chi connectivity index (χ1v) is 4.24. The first kappa shape index (κ1) is 8.01. The first-order valence-electron chi connectivity index (χ1n) is 4.24. The van der Waals surface area contributed by atoms with E-state index in [0.717, 1.165) is 6.42 Å². The first-order chi connectivity index (χ1) is 5.68. The number of hydrogen-bond acceptors (Lipinski definition) is 4. The molecule has 0 amide bonds. The normalized spacial score (nSPS) is 47.0. The molecule has 2 N–H and O–H groups in total. The molecule has 0 spiro atoms. The van der Waals surface area contributed by atoms with E-state index in [4.69, 9.17) is 4.74 Å². The highest BCUT2D eigenvalue weighted by Gasteiger charge is 2.45. The largest absolute Gasteiger partial charge is 0.459 e. The van der Waals surface area contributed by atoms with Crippen LogP contribution in [0.25, 0.3) is 0 Å². The Morgan fingerprint density at radius 2 is 2.08 bits per heavy atom. The number of hydrogen-bond donors (Lipinski definition) is 2. The van der Waals surface area contributed by atoms with Crippen LogP contribution in [0.2, 0.25) is 0 Å². The summed E-state index contributed by atoms with van der Waals surface area (Å²) in [5.41, 5.74) is 0. The van der Waals surface area contributed by atoms with E-state index in [9.17, 15) is 15.0 Å². The minimum Gasteiger partial charge on any atom is -0.459 e. The second-order valence-corrected chi connectivity index (χ2v) is 3.55. The summed E-state index contributed by atoms with van der Waals surface area (Å²) in [5.74, 6) is -0.131. The smallest absolute Gasteiger partial charge is 0.306 e. The molecule has 1 saturated heterocycles. The lowest BCUT2D eigenvalue weighted by atomic mass is 9.82. The highest BCUT2D eigenvalue weighted by molar-refractivity contribution is 5.72. The molecule has 2 fully saturated rings. The number of ether oxygens (including phenoxy) is 1. The number of carbonyl (C=O) groups is 1. The van der Waals surface area contributed by atoms with Crippen LogP contribution in [0, 0.1) is 5.92 Å². The number of aliphatic hydroxyl groups is 2. The molecule has 2 aliphatic rings. The third-order valence-corrected chi connectivity index (χ3v) is 2.73. The van der Waals surface area contributed by atoms with Crippen molar-refractivity contribution in [2.75, 3.05) is 0 Å². The lowest BCUT2D eigenvalue weighted by molar-refractivity contribution is -0.152. The molecule has 1 aliphatic heterocycles. The maximum absolute atomic E-state index is 10.8. The summed E-state index contributed by atoms with van der Waals surface area (Å²) in [7, 11) is 0. The van der Waals surface area contributed by atoms with E-state index in [0.29, 0.717) is 12.8 Å². The maximum atomic E-state index is 10.8. The molecule has 1 heterocycles. The Morgan fingerprint density at radius 3 is 2.83 bits per heavy atom. The van der Waals surface area contributed by atoms with Gasteiger partial charge < -0.3 is 14.9 Å². The van der Waals surface area contributed by atoms with E-state index in [1.807, 2.05) is 0 Å². The van der Waals surface area contributed by atoms with Crippen LogP contribution in [-0.4, -0.2) is 34.5 Å². The number of aliphatic hydroxyl groups excluding tert-OH is 2. The van der Waals surface area contributed by atoms with Gasteiger partial charge in [-0.3, -0.25) is 4.79 Å². The zero-order chi connectivity index (χ0) is 8.72. The van der Waals surface area contributed by atoms with Gasteiger partial charge in [0.05, 0.1) is 12.5 Å². The van der Waals surface area contributed by atoms with Crippen molar-refractivity contribution in [3.8, 4) is 0 Å². The fourth-order valence-corrected chi connectivity index (χ4v) is 2.02. The molecule has 4 unspecified atom stereocenters. The van der Waals surface area contributed by atoms with Crippen LogP contribution < -0.4 is 0 Å². The van der Waals surface area contributed by atoms with Crippen molar-refractivity contribution in [1.29, 1.82) is 0 Å². The van der Waals surface area contributed by atoms with Gasteiger partial charge in [0.1, 0.15) is 12.2 Å². The average molecular weight is 172 g/mol. The summed E-state index contributed by atoms with van der Waals surface area (Å²) >= 11 is 0. The van der Waals surface area contributed by atoms with E-state index >= 15 is 0 Å². The van der Waals surface area contributed by atoms with Crippen molar-refractivity contribution >= 4 is 5.97 Å². The van der Waals surface area contributed by atoms with Crippen LogP contribution >= 0.6 is 0 Å². The minimum absolute atomic E-state index is 0.121. The zero-order valence-electron chi connectivity index (χ0n) is 6.64. The molecule has 1 aliphatic carbocycles. The van der Waals surface area contributed by atoms with Gasteiger partial charge in [-0.05, 0) is 12.8 Å². The lowest BCUT2D eigenvalue weighted by Gasteiger charge is -2.31. The second kappa shape index (κ2) is 2.71. The molecular weight excluding hydrogens is 160 g/mol. The monoisotopic (exact) mass is 172 g/mol. The molecule has 0 bridgehead atoms. The van der Waals surface area contributed by atoms with Gasteiger partial charge in [0, 0.05) is 5.92 Å². The topological polar surface area (TPSA) is 66.8 Å². The molecule has 1 saturated carbocycles. The van der Waals surface area contributed by atoms with Crippen LogP contribution in [-0.2, 0) is 9.53 Å². The molecule has 68 valence electrons. The molecular formula is C8H12O4. The van der Waals surface area contributed by atoms with Crippen molar-refractivity contribution in [1.82, 2.24) is 0 Å². The number of rotatable bonds is 0. The third kappa shape index (κ3) is 1.11. The van der Waals surface area contributed by atoms with Crippen LogP contribution in [0.3, 0.4) is 0 Å². The Morgan fingerprint density at radius 1 is 1.33 bits per heavy atom. The van der Waals surface area contributed by atoms with Crippen LogP contribution in [0.15, 0.2) is 0 Å². The Kier molecular flexibility index (Phi) is 1.81. The fraction of sp³-hybridized carbons (Fsp3) is 0.875. The van der Waals surface area contributed by atoms with Crippen LogP contribution in [0.4, 0.5) is 0 Å². The third-order valence-electron chi connectivity index (χ3n) is 2.73. The molecule has 2 rings (SSSR count). The standard InChI is InChI=1S/C8H12O4/c9-5-2-1-4-3-6(10)12-8(4)7(5)11/h4-5,7-9,11H,1-3H2. The summed E-state index contributed by atoms with van der Waals surface area (Å²) in [4.78, 5) is 10.8. The van der Waals surface area contributed by atoms with Crippen molar-refractivity contribution in [3.63, 3.8) is 0 Å². The fourth-order valence-electron chi connectivity index (χ4n) is 2.02. The van der Waals surface area contributed by atoms with E-state index in [2.05, 4.69) is 0 Å². The highest BCUT2D eigenvalue weighted by Crippen LogP contribution is 2.34. The van der Waals surface area contributed by atoms with Gasteiger partial charge in [0.2, 0.25) is 0 Å². The van der Waals surface area contributed by atoms with Gasteiger partial charge in [0.15, 0.2) is 0 Å². The Balaban J connectivity index is 2.11. The second-order valence-electron chi connectivity index (χ2n) is 3.55. The number of fused-ring (bicyclic) bond motifs is 1. The molecule has 4 heteroatoms. The van der Waals surface area contributed by atoms with Gasteiger partial charge in [-0.25, -0.2) is 0 Å².